The highest BCUT2D eigenvalue weighted by atomic mass is 35.5. The molecule has 1 saturated heterocycles. The Morgan fingerprint density at radius 3 is 2.81 bits per heavy atom. The quantitative estimate of drug-likeness (QED) is 0.814. The lowest BCUT2D eigenvalue weighted by Gasteiger charge is -2.18. The number of fused-ring (bicyclic) bond motifs is 1. The number of aromatic nitrogens is 2. The van der Waals surface area contributed by atoms with Crippen LogP contribution in [0.25, 0.3) is 11.0 Å². The molecule has 6 heteroatoms. The Bertz CT molecular complexity index is 670. The highest BCUT2D eigenvalue weighted by molar-refractivity contribution is 6.20. The third kappa shape index (κ3) is 2.49. The van der Waals surface area contributed by atoms with Crippen molar-refractivity contribution in [1.82, 2.24) is 14.5 Å². The summed E-state index contributed by atoms with van der Waals surface area (Å²) in [7, 11) is 3.57. The molecule has 1 aliphatic rings. The van der Waals surface area contributed by atoms with E-state index >= 15 is 0 Å². The number of likely N-dealkylation sites (tertiary alicyclic amines) is 1. The minimum absolute atomic E-state index is 0.225. The van der Waals surface area contributed by atoms with Gasteiger partial charge in [-0.05, 0) is 26.9 Å². The van der Waals surface area contributed by atoms with E-state index in [-0.39, 0.29) is 11.1 Å². The van der Waals surface area contributed by atoms with Crippen molar-refractivity contribution in [3.63, 3.8) is 0 Å². The van der Waals surface area contributed by atoms with Gasteiger partial charge in [0.1, 0.15) is 5.82 Å². The van der Waals surface area contributed by atoms with Gasteiger partial charge in [0, 0.05) is 24.7 Å². The number of imidazole rings is 1. The fourth-order valence-electron chi connectivity index (χ4n) is 3.06. The Balaban J connectivity index is 2.20. The number of likely N-dealkylation sites (N-methyl/N-ethyl adjacent to an activating group) is 1. The van der Waals surface area contributed by atoms with Crippen molar-refractivity contribution in [3.8, 4) is 5.75 Å². The summed E-state index contributed by atoms with van der Waals surface area (Å²) in [5.74, 6) is 0.635. The average Bonchev–Trinajstić information content (AvgIpc) is 3.00. The second kappa shape index (κ2) is 5.46. The van der Waals surface area contributed by atoms with Gasteiger partial charge in [0.25, 0.3) is 0 Å². The number of methoxy groups -OCH3 is 1. The van der Waals surface area contributed by atoms with E-state index in [1.807, 2.05) is 6.92 Å². The number of ether oxygens (including phenoxy) is 1. The third-order valence-corrected chi connectivity index (χ3v) is 4.27. The van der Waals surface area contributed by atoms with Crippen molar-refractivity contribution in [2.24, 2.45) is 0 Å². The van der Waals surface area contributed by atoms with Crippen LogP contribution in [0, 0.1) is 5.82 Å². The maximum atomic E-state index is 13.9. The van der Waals surface area contributed by atoms with Crippen LogP contribution in [0.5, 0.6) is 5.75 Å². The van der Waals surface area contributed by atoms with Crippen molar-refractivity contribution in [3.05, 3.63) is 23.8 Å². The Hall–Kier alpha value is -1.33. The molecule has 0 aliphatic carbocycles. The molecule has 3 rings (SSSR count). The van der Waals surface area contributed by atoms with Crippen LogP contribution in [0.4, 0.5) is 4.39 Å². The Morgan fingerprint density at radius 2 is 2.24 bits per heavy atom. The largest absolute Gasteiger partial charge is 0.494 e. The SMILES string of the molecule is COc1cc2c(cc1F)nc(C(C)Cl)n2C1CCN(C)C1. The summed E-state index contributed by atoms with van der Waals surface area (Å²) >= 11 is 6.29. The van der Waals surface area contributed by atoms with Crippen molar-refractivity contribution >= 4 is 22.6 Å². The van der Waals surface area contributed by atoms with Crippen LogP contribution < -0.4 is 4.74 Å². The number of hydrogen-bond donors (Lipinski definition) is 0. The molecule has 1 aromatic carbocycles. The monoisotopic (exact) mass is 311 g/mol. The van der Waals surface area contributed by atoms with Gasteiger partial charge in [0.05, 0.1) is 23.5 Å². The fraction of sp³-hybridized carbons (Fsp3) is 0.533. The maximum absolute atomic E-state index is 13.9. The summed E-state index contributed by atoms with van der Waals surface area (Å²) in [6.07, 6.45) is 1.04. The van der Waals surface area contributed by atoms with Crippen molar-refractivity contribution in [2.75, 3.05) is 27.2 Å². The summed E-state index contributed by atoms with van der Waals surface area (Å²) < 4.78 is 21.1. The second-order valence-electron chi connectivity index (χ2n) is 5.64. The Kier molecular flexibility index (Phi) is 3.80. The van der Waals surface area contributed by atoms with Gasteiger partial charge >= 0.3 is 0 Å². The molecule has 2 heterocycles. The van der Waals surface area contributed by atoms with E-state index in [1.54, 1.807) is 6.07 Å². The van der Waals surface area contributed by atoms with E-state index < -0.39 is 5.82 Å². The summed E-state index contributed by atoms with van der Waals surface area (Å²) in [6, 6.07) is 3.46. The zero-order chi connectivity index (χ0) is 15.1. The molecule has 21 heavy (non-hydrogen) atoms. The summed E-state index contributed by atoms with van der Waals surface area (Å²) in [4.78, 5) is 6.81. The third-order valence-electron chi connectivity index (χ3n) is 4.08. The van der Waals surface area contributed by atoms with Crippen LogP contribution in [-0.4, -0.2) is 41.7 Å². The van der Waals surface area contributed by atoms with Crippen LogP contribution in [-0.2, 0) is 0 Å². The molecule has 0 N–H and O–H groups in total. The first kappa shape index (κ1) is 14.6. The van der Waals surface area contributed by atoms with E-state index in [1.165, 1.54) is 13.2 Å². The lowest BCUT2D eigenvalue weighted by molar-refractivity contribution is 0.385. The van der Waals surface area contributed by atoms with Crippen LogP contribution in [0.1, 0.15) is 30.6 Å². The standard InChI is InChI=1S/C15H19ClFN3O/c1-9(16)15-18-12-6-11(17)14(21-3)7-13(12)20(15)10-4-5-19(2)8-10/h6-7,9-10H,4-5,8H2,1-3H3. The van der Waals surface area contributed by atoms with Crippen molar-refractivity contribution < 1.29 is 9.13 Å². The molecule has 2 unspecified atom stereocenters. The zero-order valence-corrected chi connectivity index (χ0v) is 13.2. The molecule has 1 aliphatic heterocycles. The summed E-state index contributed by atoms with van der Waals surface area (Å²) in [6.45, 7) is 3.88. The molecular weight excluding hydrogens is 293 g/mol. The number of hydrogen-bond acceptors (Lipinski definition) is 3. The van der Waals surface area contributed by atoms with Crippen LogP contribution >= 0.6 is 11.6 Å². The molecule has 0 spiro atoms. The van der Waals surface area contributed by atoms with Crippen LogP contribution in [0.2, 0.25) is 0 Å². The Labute approximate surface area is 128 Å². The van der Waals surface area contributed by atoms with E-state index in [0.717, 1.165) is 30.9 Å². The van der Waals surface area contributed by atoms with Crippen molar-refractivity contribution in [2.45, 2.75) is 24.8 Å². The highest BCUT2D eigenvalue weighted by Crippen LogP contribution is 2.34. The lowest BCUT2D eigenvalue weighted by atomic mass is 10.2. The van der Waals surface area contributed by atoms with Gasteiger partial charge in [-0.25, -0.2) is 9.37 Å². The number of rotatable bonds is 3. The second-order valence-corrected chi connectivity index (χ2v) is 6.29. The average molecular weight is 312 g/mol. The molecule has 0 bridgehead atoms. The smallest absolute Gasteiger partial charge is 0.167 e. The molecule has 4 nitrogen and oxygen atoms in total. The molecule has 0 radical (unpaired) electrons. The van der Waals surface area contributed by atoms with Gasteiger partial charge in [0.2, 0.25) is 0 Å². The Morgan fingerprint density at radius 1 is 1.48 bits per heavy atom. The van der Waals surface area contributed by atoms with E-state index in [4.69, 9.17) is 16.3 Å². The first-order chi connectivity index (χ1) is 10.0. The zero-order valence-electron chi connectivity index (χ0n) is 12.4. The predicted octanol–water partition coefficient (Wildman–Crippen LogP) is 3.36. The number of alkyl halides is 1. The number of benzene rings is 1. The van der Waals surface area contributed by atoms with E-state index in [2.05, 4.69) is 21.5 Å². The van der Waals surface area contributed by atoms with Gasteiger partial charge in [-0.15, -0.1) is 11.6 Å². The molecule has 1 aromatic heterocycles. The molecule has 2 aromatic rings. The number of halogens is 2. The van der Waals surface area contributed by atoms with Gasteiger partial charge in [0.15, 0.2) is 11.6 Å². The van der Waals surface area contributed by atoms with E-state index in [9.17, 15) is 4.39 Å². The minimum atomic E-state index is -0.396. The van der Waals surface area contributed by atoms with Gasteiger partial charge in [-0.3, -0.25) is 0 Å². The highest BCUT2D eigenvalue weighted by Gasteiger charge is 2.27. The molecular formula is C15H19ClFN3O. The minimum Gasteiger partial charge on any atom is -0.494 e. The van der Waals surface area contributed by atoms with Gasteiger partial charge in [-0.2, -0.15) is 0 Å². The van der Waals surface area contributed by atoms with Gasteiger partial charge < -0.3 is 14.2 Å². The maximum Gasteiger partial charge on any atom is 0.167 e. The normalized spacial score (nSPS) is 21.1. The van der Waals surface area contributed by atoms with Crippen molar-refractivity contribution in [1.29, 1.82) is 0 Å². The summed E-state index contributed by atoms with van der Waals surface area (Å²) in [5.41, 5.74) is 1.52. The predicted molar refractivity (Wildman–Crippen MR) is 81.7 cm³/mol. The lowest BCUT2D eigenvalue weighted by Crippen LogP contribution is -2.18. The molecule has 114 valence electrons. The molecule has 0 amide bonds. The number of nitrogens with zero attached hydrogens (tertiary/aromatic N) is 3. The molecule has 0 saturated carbocycles. The topological polar surface area (TPSA) is 30.3 Å². The van der Waals surface area contributed by atoms with Crippen LogP contribution in [0.15, 0.2) is 12.1 Å². The molecule has 1 fully saturated rings. The van der Waals surface area contributed by atoms with Crippen LogP contribution in [0.3, 0.4) is 0 Å². The first-order valence-electron chi connectivity index (χ1n) is 7.09. The summed E-state index contributed by atoms with van der Waals surface area (Å²) in [5, 5.41) is -0.225. The fourth-order valence-corrected chi connectivity index (χ4v) is 3.21. The van der Waals surface area contributed by atoms with E-state index in [0.29, 0.717) is 11.6 Å². The van der Waals surface area contributed by atoms with Gasteiger partial charge in [-0.1, -0.05) is 0 Å². The first-order valence-corrected chi connectivity index (χ1v) is 7.53. The molecule has 2 atom stereocenters.